The van der Waals surface area contributed by atoms with Crippen LogP contribution in [-0.4, -0.2) is 0 Å². The van der Waals surface area contributed by atoms with Gasteiger partial charge in [0, 0.05) is 8.04 Å². The summed E-state index contributed by atoms with van der Waals surface area (Å²) < 4.78 is 2.26. The summed E-state index contributed by atoms with van der Waals surface area (Å²) in [6.45, 7) is 0. The van der Waals surface area contributed by atoms with E-state index in [0.29, 0.717) is 0 Å². The van der Waals surface area contributed by atoms with E-state index in [0.717, 1.165) is 15.6 Å². The van der Waals surface area contributed by atoms with Crippen LogP contribution in [0.4, 0.5) is 0 Å². The lowest BCUT2D eigenvalue weighted by molar-refractivity contribution is 0.865. The molecular formula is C13H11BrIN. The second kappa shape index (κ2) is 5.29. The largest absolute Gasteiger partial charge is 0.320 e. The van der Waals surface area contributed by atoms with Crippen molar-refractivity contribution in [1.29, 1.82) is 0 Å². The predicted octanol–water partition coefficient (Wildman–Crippen LogP) is 4.10. The van der Waals surface area contributed by atoms with Gasteiger partial charge < -0.3 is 5.73 Å². The summed E-state index contributed by atoms with van der Waals surface area (Å²) in [5.41, 5.74) is 8.51. The monoisotopic (exact) mass is 387 g/mol. The topological polar surface area (TPSA) is 26.0 Å². The smallest absolute Gasteiger partial charge is 0.0563 e. The second-order valence-corrected chi connectivity index (χ2v) is 5.65. The van der Waals surface area contributed by atoms with Crippen LogP contribution in [0.25, 0.3) is 0 Å². The molecule has 0 heterocycles. The van der Waals surface area contributed by atoms with Gasteiger partial charge in [-0.1, -0.05) is 46.3 Å². The third-order valence-corrected chi connectivity index (χ3v) is 3.84. The summed E-state index contributed by atoms with van der Waals surface area (Å²) in [6, 6.07) is 16.3. The van der Waals surface area contributed by atoms with Gasteiger partial charge >= 0.3 is 0 Å². The summed E-state index contributed by atoms with van der Waals surface area (Å²) in [6.07, 6.45) is 0. The first-order valence-corrected chi connectivity index (χ1v) is 6.81. The van der Waals surface area contributed by atoms with Gasteiger partial charge in [0.2, 0.25) is 0 Å². The zero-order valence-electron chi connectivity index (χ0n) is 8.53. The van der Waals surface area contributed by atoms with E-state index in [9.17, 15) is 0 Å². The van der Waals surface area contributed by atoms with Crippen molar-refractivity contribution in [3.63, 3.8) is 0 Å². The Morgan fingerprint density at radius 2 is 1.75 bits per heavy atom. The molecule has 0 spiro atoms. The van der Waals surface area contributed by atoms with Crippen molar-refractivity contribution in [2.75, 3.05) is 0 Å². The van der Waals surface area contributed by atoms with Gasteiger partial charge in [-0.05, 0) is 51.9 Å². The molecule has 0 radical (unpaired) electrons. The van der Waals surface area contributed by atoms with Gasteiger partial charge in [-0.25, -0.2) is 0 Å². The molecule has 2 aromatic rings. The number of benzene rings is 2. The summed E-state index contributed by atoms with van der Waals surface area (Å²) in [5.74, 6) is 0. The Hall–Kier alpha value is -0.390. The van der Waals surface area contributed by atoms with E-state index in [1.807, 2.05) is 24.3 Å². The van der Waals surface area contributed by atoms with Gasteiger partial charge in [-0.3, -0.25) is 0 Å². The summed E-state index contributed by atoms with van der Waals surface area (Å²) >= 11 is 5.84. The lowest BCUT2D eigenvalue weighted by Crippen LogP contribution is -2.12. The van der Waals surface area contributed by atoms with Crippen molar-refractivity contribution in [3.8, 4) is 0 Å². The van der Waals surface area contributed by atoms with Crippen LogP contribution in [0.2, 0.25) is 0 Å². The molecule has 1 atom stereocenters. The summed E-state index contributed by atoms with van der Waals surface area (Å²) in [7, 11) is 0. The first-order valence-electron chi connectivity index (χ1n) is 4.94. The van der Waals surface area contributed by atoms with Crippen LogP contribution in [0, 0.1) is 3.57 Å². The van der Waals surface area contributed by atoms with Crippen LogP contribution in [0.3, 0.4) is 0 Å². The molecule has 0 aliphatic rings. The Morgan fingerprint density at radius 3 is 2.44 bits per heavy atom. The van der Waals surface area contributed by atoms with Crippen LogP contribution in [-0.2, 0) is 0 Å². The van der Waals surface area contributed by atoms with Crippen LogP contribution in [0.1, 0.15) is 17.2 Å². The zero-order valence-corrected chi connectivity index (χ0v) is 12.3. The zero-order chi connectivity index (χ0) is 11.5. The number of nitrogens with two attached hydrogens (primary N) is 1. The van der Waals surface area contributed by atoms with Crippen LogP contribution >= 0.6 is 38.5 Å². The first-order chi connectivity index (χ1) is 7.68. The summed E-state index contributed by atoms with van der Waals surface area (Å²) in [5, 5.41) is 0. The molecule has 1 unspecified atom stereocenters. The molecule has 0 fully saturated rings. The maximum Gasteiger partial charge on any atom is 0.0563 e. The van der Waals surface area contributed by atoms with Crippen molar-refractivity contribution in [2.24, 2.45) is 5.73 Å². The van der Waals surface area contributed by atoms with E-state index in [-0.39, 0.29) is 6.04 Å². The van der Waals surface area contributed by atoms with Crippen LogP contribution < -0.4 is 5.73 Å². The second-order valence-electron chi connectivity index (χ2n) is 3.55. The number of halogens is 2. The molecule has 0 bridgehead atoms. The lowest BCUT2D eigenvalue weighted by atomic mass is 10.00. The highest BCUT2D eigenvalue weighted by atomic mass is 127. The van der Waals surface area contributed by atoms with Gasteiger partial charge in [-0.15, -0.1) is 0 Å². The van der Waals surface area contributed by atoms with Crippen LogP contribution in [0.15, 0.2) is 53.0 Å². The fraction of sp³-hybridized carbons (Fsp3) is 0.0769. The molecule has 82 valence electrons. The highest BCUT2D eigenvalue weighted by Gasteiger charge is 2.11. The molecule has 0 aliphatic carbocycles. The molecule has 0 saturated heterocycles. The Bertz CT molecular complexity index is 485. The van der Waals surface area contributed by atoms with Crippen LogP contribution in [0.5, 0.6) is 0 Å². The van der Waals surface area contributed by atoms with E-state index in [2.05, 4.69) is 62.8 Å². The predicted molar refractivity (Wildman–Crippen MR) is 79.3 cm³/mol. The van der Waals surface area contributed by atoms with Crippen molar-refractivity contribution < 1.29 is 0 Å². The lowest BCUT2D eigenvalue weighted by Gasteiger charge is -2.14. The van der Waals surface area contributed by atoms with E-state index in [1.165, 1.54) is 3.57 Å². The number of hydrogen-bond acceptors (Lipinski definition) is 1. The number of rotatable bonds is 2. The minimum Gasteiger partial charge on any atom is -0.320 e. The fourth-order valence-corrected chi connectivity index (χ4v) is 2.60. The molecule has 0 aromatic heterocycles. The van der Waals surface area contributed by atoms with E-state index in [1.54, 1.807) is 0 Å². The van der Waals surface area contributed by atoms with Crippen molar-refractivity contribution in [2.45, 2.75) is 6.04 Å². The van der Waals surface area contributed by atoms with Gasteiger partial charge in [0.25, 0.3) is 0 Å². The normalized spacial score (nSPS) is 12.4. The highest BCUT2D eigenvalue weighted by molar-refractivity contribution is 14.1. The van der Waals surface area contributed by atoms with Crippen molar-refractivity contribution in [3.05, 3.63) is 67.7 Å². The molecule has 1 nitrogen and oxygen atoms in total. The van der Waals surface area contributed by atoms with Gasteiger partial charge in [0.15, 0.2) is 0 Å². The van der Waals surface area contributed by atoms with E-state index in [4.69, 9.17) is 5.73 Å². The Kier molecular flexibility index (Phi) is 4.00. The molecule has 2 aromatic carbocycles. The quantitative estimate of drug-likeness (QED) is 0.771. The van der Waals surface area contributed by atoms with E-state index >= 15 is 0 Å². The Morgan fingerprint density at radius 1 is 1.06 bits per heavy atom. The van der Waals surface area contributed by atoms with Gasteiger partial charge in [-0.2, -0.15) is 0 Å². The SMILES string of the molecule is NC(c1ccccc1)c1cc(I)ccc1Br. The molecule has 0 amide bonds. The van der Waals surface area contributed by atoms with Gasteiger partial charge in [0.05, 0.1) is 6.04 Å². The minimum atomic E-state index is -0.0784. The molecule has 16 heavy (non-hydrogen) atoms. The fourth-order valence-electron chi connectivity index (χ4n) is 1.59. The van der Waals surface area contributed by atoms with Crippen molar-refractivity contribution in [1.82, 2.24) is 0 Å². The third-order valence-electron chi connectivity index (χ3n) is 2.45. The molecular weight excluding hydrogens is 377 g/mol. The molecule has 2 N–H and O–H groups in total. The van der Waals surface area contributed by atoms with Crippen molar-refractivity contribution >= 4 is 38.5 Å². The minimum absolute atomic E-state index is 0.0784. The molecule has 0 aliphatic heterocycles. The Labute approximate surface area is 117 Å². The number of hydrogen-bond donors (Lipinski definition) is 1. The molecule has 3 heteroatoms. The molecule has 0 saturated carbocycles. The average Bonchev–Trinajstić information content (AvgIpc) is 2.32. The standard InChI is InChI=1S/C13H11BrIN/c14-12-7-6-10(15)8-11(12)13(16)9-4-2-1-3-5-9/h1-8,13H,16H2. The van der Waals surface area contributed by atoms with Gasteiger partial charge in [0.1, 0.15) is 0 Å². The molecule has 2 rings (SSSR count). The average molecular weight is 388 g/mol. The first kappa shape index (κ1) is 12.1. The third kappa shape index (κ3) is 2.64. The van der Waals surface area contributed by atoms with E-state index < -0.39 is 0 Å². The maximum atomic E-state index is 6.25. The highest BCUT2D eigenvalue weighted by Crippen LogP contribution is 2.28. The summed E-state index contributed by atoms with van der Waals surface area (Å²) in [4.78, 5) is 0. The maximum absolute atomic E-state index is 6.25. The Balaban J connectivity index is 2.41.